The van der Waals surface area contributed by atoms with Crippen molar-refractivity contribution in [1.82, 2.24) is 0 Å². The Balaban J connectivity index is 1.61. The first-order chi connectivity index (χ1) is 14.3. The molecule has 0 radical (unpaired) electrons. The van der Waals surface area contributed by atoms with Crippen molar-refractivity contribution in [2.75, 3.05) is 4.90 Å². The van der Waals surface area contributed by atoms with E-state index in [0.29, 0.717) is 37.0 Å². The van der Waals surface area contributed by atoms with Crippen LogP contribution in [0.2, 0.25) is 5.02 Å². The molecule has 1 aromatic heterocycles. The molecule has 2 heterocycles. The molecule has 2 aromatic carbocycles. The quantitative estimate of drug-likeness (QED) is 0.314. The van der Waals surface area contributed by atoms with E-state index in [1.807, 2.05) is 0 Å². The van der Waals surface area contributed by atoms with E-state index in [1.165, 1.54) is 28.8 Å². The molecule has 30 heavy (non-hydrogen) atoms. The van der Waals surface area contributed by atoms with E-state index in [4.69, 9.17) is 33.3 Å². The van der Waals surface area contributed by atoms with Crippen molar-refractivity contribution in [2.24, 2.45) is 0 Å². The summed E-state index contributed by atoms with van der Waals surface area (Å²) in [5.41, 5.74) is 1.38. The normalized spacial score (nSPS) is 15.3. The molecule has 1 fully saturated rings. The highest BCUT2D eigenvalue weighted by atomic mass is 79.9. The first-order valence-electron chi connectivity index (χ1n) is 8.50. The second kappa shape index (κ2) is 8.39. The van der Waals surface area contributed by atoms with Crippen LogP contribution in [0.1, 0.15) is 16.1 Å². The van der Waals surface area contributed by atoms with Crippen molar-refractivity contribution in [3.63, 3.8) is 0 Å². The number of nitrogens with zero attached hydrogens (tertiary/aromatic N) is 1. The minimum Gasteiger partial charge on any atom is -0.478 e. The molecular formula is C21H11BrClNO4S2. The highest BCUT2D eigenvalue weighted by molar-refractivity contribution is 9.10. The maximum atomic E-state index is 12.9. The number of carboxylic acids is 1. The predicted molar refractivity (Wildman–Crippen MR) is 126 cm³/mol. The van der Waals surface area contributed by atoms with Gasteiger partial charge in [-0.2, -0.15) is 0 Å². The second-order valence-corrected chi connectivity index (χ2v) is 9.14. The van der Waals surface area contributed by atoms with Crippen LogP contribution in [0, 0.1) is 0 Å². The van der Waals surface area contributed by atoms with Gasteiger partial charge in [0.15, 0.2) is 4.32 Å². The molecule has 9 heteroatoms. The zero-order valence-corrected chi connectivity index (χ0v) is 18.9. The van der Waals surface area contributed by atoms with Crippen LogP contribution in [0.15, 0.2) is 68.4 Å². The van der Waals surface area contributed by atoms with Crippen molar-refractivity contribution in [1.29, 1.82) is 0 Å². The zero-order valence-electron chi connectivity index (χ0n) is 15.0. The summed E-state index contributed by atoms with van der Waals surface area (Å²) >= 11 is 16.0. The maximum absolute atomic E-state index is 12.9. The summed E-state index contributed by atoms with van der Waals surface area (Å²) in [7, 11) is 0. The highest BCUT2D eigenvalue weighted by Gasteiger charge is 2.33. The molecule has 0 unspecified atom stereocenters. The molecule has 1 aliphatic rings. The van der Waals surface area contributed by atoms with Crippen molar-refractivity contribution in [3.8, 4) is 11.3 Å². The first kappa shape index (κ1) is 20.9. The molecule has 0 atom stereocenters. The monoisotopic (exact) mass is 519 g/mol. The number of hydrogen-bond donors (Lipinski definition) is 1. The van der Waals surface area contributed by atoms with Gasteiger partial charge in [0, 0.05) is 16.1 Å². The van der Waals surface area contributed by atoms with E-state index in [-0.39, 0.29) is 11.5 Å². The number of amides is 1. The van der Waals surface area contributed by atoms with Crippen LogP contribution in [-0.2, 0) is 4.79 Å². The molecule has 1 amide bonds. The van der Waals surface area contributed by atoms with Crippen molar-refractivity contribution in [3.05, 3.63) is 80.3 Å². The lowest BCUT2D eigenvalue weighted by Gasteiger charge is -2.15. The van der Waals surface area contributed by atoms with Crippen LogP contribution in [0.25, 0.3) is 17.4 Å². The van der Waals surface area contributed by atoms with E-state index in [1.54, 1.807) is 48.5 Å². The minimum atomic E-state index is -1.01. The van der Waals surface area contributed by atoms with Gasteiger partial charge in [-0.1, -0.05) is 47.7 Å². The number of thioether (sulfide) groups is 1. The Hall–Kier alpha value is -2.39. The third-order valence-electron chi connectivity index (χ3n) is 4.25. The number of rotatable bonds is 4. The van der Waals surface area contributed by atoms with Gasteiger partial charge in [-0.25, -0.2) is 4.79 Å². The number of hydrogen-bond acceptors (Lipinski definition) is 5. The lowest BCUT2D eigenvalue weighted by atomic mass is 10.1. The van der Waals surface area contributed by atoms with E-state index < -0.39 is 5.97 Å². The van der Waals surface area contributed by atoms with E-state index in [0.717, 1.165) is 4.47 Å². The van der Waals surface area contributed by atoms with Crippen LogP contribution in [-0.4, -0.2) is 21.3 Å². The smallest absolute Gasteiger partial charge is 0.335 e. The van der Waals surface area contributed by atoms with Crippen LogP contribution in [0.4, 0.5) is 5.69 Å². The molecule has 4 rings (SSSR count). The molecule has 150 valence electrons. The second-order valence-electron chi connectivity index (χ2n) is 6.20. The number of halogens is 2. The van der Waals surface area contributed by atoms with E-state index >= 15 is 0 Å². The Morgan fingerprint density at radius 1 is 1.20 bits per heavy atom. The number of furan rings is 1. The lowest BCUT2D eigenvalue weighted by Crippen LogP contribution is -2.27. The van der Waals surface area contributed by atoms with Crippen LogP contribution in [0.5, 0.6) is 0 Å². The van der Waals surface area contributed by atoms with Gasteiger partial charge in [-0.3, -0.25) is 9.69 Å². The van der Waals surface area contributed by atoms with Crippen molar-refractivity contribution in [2.45, 2.75) is 0 Å². The topological polar surface area (TPSA) is 70.8 Å². The summed E-state index contributed by atoms with van der Waals surface area (Å²) in [4.78, 5) is 25.9. The molecule has 0 bridgehead atoms. The SMILES string of the molecule is O=C(O)c1cccc(-c2ccc(/C=C3/SC(=S)N(c4ccc(Br)c(Cl)c4)C3=O)o2)c1. The standard InChI is InChI=1S/C21H11BrClNO4S2/c22-15-6-4-13(9-16(15)23)24-19(25)18(30-21(24)29)10-14-5-7-17(28-14)11-2-1-3-12(8-11)20(26)27/h1-10H,(H,26,27)/b18-10+. The number of benzene rings is 2. The average Bonchev–Trinajstić information content (AvgIpc) is 3.29. The average molecular weight is 521 g/mol. The number of anilines is 1. The molecular weight excluding hydrogens is 510 g/mol. The molecule has 1 N–H and O–H groups in total. The molecule has 1 saturated heterocycles. The molecule has 3 aromatic rings. The Labute approximate surface area is 194 Å². The van der Waals surface area contributed by atoms with Gasteiger partial charge in [-0.15, -0.1) is 0 Å². The summed E-state index contributed by atoms with van der Waals surface area (Å²) in [6, 6.07) is 15.1. The lowest BCUT2D eigenvalue weighted by molar-refractivity contribution is -0.113. The number of thiocarbonyl (C=S) groups is 1. The van der Waals surface area contributed by atoms with Gasteiger partial charge in [0.2, 0.25) is 0 Å². The third-order valence-corrected chi connectivity index (χ3v) is 6.78. The summed E-state index contributed by atoms with van der Waals surface area (Å²) in [5.74, 6) is -0.325. The van der Waals surface area contributed by atoms with Crippen LogP contribution < -0.4 is 4.90 Å². The van der Waals surface area contributed by atoms with E-state index in [2.05, 4.69) is 15.9 Å². The van der Waals surface area contributed by atoms with Crippen molar-refractivity contribution >= 4 is 79.5 Å². The van der Waals surface area contributed by atoms with Gasteiger partial charge in [0.25, 0.3) is 5.91 Å². The molecule has 0 aliphatic carbocycles. The zero-order chi connectivity index (χ0) is 21.4. The van der Waals surface area contributed by atoms with Gasteiger partial charge in [-0.05, 0) is 58.4 Å². The summed E-state index contributed by atoms with van der Waals surface area (Å²) < 4.78 is 6.92. The third kappa shape index (κ3) is 4.09. The van der Waals surface area contributed by atoms with Crippen LogP contribution >= 0.6 is 51.5 Å². The fraction of sp³-hybridized carbons (Fsp3) is 0. The maximum Gasteiger partial charge on any atom is 0.335 e. The van der Waals surface area contributed by atoms with Crippen LogP contribution in [0.3, 0.4) is 0 Å². The summed E-state index contributed by atoms with van der Waals surface area (Å²) in [6.45, 7) is 0. The summed E-state index contributed by atoms with van der Waals surface area (Å²) in [6.07, 6.45) is 1.62. The minimum absolute atomic E-state index is 0.166. The molecule has 0 spiro atoms. The Morgan fingerprint density at radius 2 is 2.00 bits per heavy atom. The van der Waals surface area contributed by atoms with Gasteiger partial charge >= 0.3 is 5.97 Å². The number of carbonyl (C=O) groups excluding carboxylic acids is 1. The Bertz CT molecular complexity index is 1240. The highest BCUT2D eigenvalue weighted by Crippen LogP contribution is 2.38. The van der Waals surface area contributed by atoms with Gasteiger partial charge < -0.3 is 9.52 Å². The largest absolute Gasteiger partial charge is 0.478 e. The van der Waals surface area contributed by atoms with E-state index in [9.17, 15) is 9.59 Å². The molecule has 1 aliphatic heterocycles. The fourth-order valence-corrected chi connectivity index (χ4v) is 4.54. The number of aromatic carboxylic acids is 1. The predicted octanol–water partition coefficient (Wildman–Crippen LogP) is 6.47. The summed E-state index contributed by atoms with van der Waals surface area (Å²) in [5, 5.41) is 9.62. The number of carbonyl (C=O) groups is 2. The van der Waals surface area contributed by atoms with Crippen molar-refractivity contribution < 1.29 is 19.1 Å². The Morgan fingerprint density at radius 3 is 2.73 bits per heavy atom. The first-order valence-corrected chi connectivity index (χ1v) is 10.9. The molecule has 5 nitrogen and oxygen atoms in total. The van der Waals surface area contributed by atoms with Gasteiger partial charge in [0.05, 0.1) is 21.2 Å². The van der Waals surface area contributed by atoms with Gasteiger partial charge in [0.1, 0.15) is 11.5 Å². The molecule has 0 saturated carbocycles. The fourth-order valence-electron chi connectivity index (χ4n) is 2.83. The Kier molecular flexibility index (Phi) is 5.84. The number of carboxylic acid groups (broad SMARTS) is 1.